The molecule has 0 amide bonds. The van der Waals surface area contributed by atoms with E-state index in [2.05, 4.69) is 0 Å². The molecule has 0 fully saturated rings. The second-order valence-corrected chi connectivity index (χ2v) is 4.25. The molecule has 0 radical (unpaired) electrons. The van der Waals surface area contributed by atoms with Gasteiger partial charge in [0, 0.05) is 6.42 Å². The average molecular weight is 252 g/mol. The number of esters is 1. The minimum atomic E-state index is -0.415. The molecule has 1 rings (SSSR count). The highest BCUT2D eigenvalue weighted by atomic mass is 32.1. The molecule has 0 aromatic heterocycles. The summed E-state index contributed by atoms with van der Waals surface area (Å²) in [4.78, 5) is 11.7. The Morgan fingerprint density at radius 1 is 1.35 bits per heavy atom. The van der Waals surface area contributed by atoms with Crippen LogP contribution in [0.1, 0.15) is 25.3 Å². The lowest BCUT2D eigenvalue weighted by Gasteiger charge is -2.05. The first-order valence-electron chi connectivity index (χ1n) is 5.61. The molecule has 0 heterocycles. The van der Waals surface area contributed by atoms with E-state index in [9.17, 15) is 4.79 Å². The first kappa shape index (κ1) is 13.6. The highest BCUT2D eigenvalue weighted by molar-refractivity contribution is 7.82. The maximum Gasteiger partial charge on any atom is 0.345 e. The normalized spacial score (nSPS) is 9.94. The number of carbonyl (C=O) groups excluding carboxylic acids is 1. The van der Waals surface area contributed by atoms with Gasteiger partial charge in [-0.05, 0) is 24.1 Å². The smallest absolute Gasteiger partial charge is 0.345 e. The van der Waals surface area contributed by atoms with Gasteiger partial charge in [0.25, 0.3) is 0 Å². The van der Waals surface area contributed by atoms with Crippen LogP contribution >= 0.6 is 12.2 Å². The molecule has 0 spiro atoms. The average Bonchev–Trinajstić information content (AvgIpc) is 2.32. The topological polar surface area (TPSA) is 46.5 Å². The molecule has 0 unspecified atom stereocenters. The van der Waals surface area contributed by atoms with E-state index in [0.717, 1.165) is 18.4 Å². The van der Waals surface area contributed by atoms with Gasteiger partial charge in [-0.25, -0.2) is 4.79 Å². The Balaban J connectivity index is 2.43. The van der Waals surface area contributed by atoms with Gasteiger partial charge in [-0.2, -0.15) is 0 Å². The quantitative estimate of drug-likeness (QED) is 0.480. The zero-order valence-electron chi connectivity index (χ0n) is 9.81. The number of hydrogen-bond acceptors (Lipinski definition) is 4. The van der Waals surface area contributed by atoms with Crippen LogP contribution in [-0.2, 0) is 16.0 Å². The van der Waals surface area contributed by atoms with Crippen molar-refractivity contribution in [2.24, 2.45) is 0 Å². The standard InChI is InChI=1S/C13H16O3S/c1-2-3-8-16-13(15)12(17)9-10-4-6-11(14)7-5-10/h4-7,14H,2-3,8-9H2,1H3. The number of ether oxygens (including phenoxy) is 1. The minimum Gasteiger partial charge on any atom is -0.508 e. The molecule has 0 saturated heterocycles. The Labute approximate surface area is 106 Å². The van der Waals surface area contributed by atoms with Gasteiger partial charge in [-0.3, -0.25) is 0 Å². The van der Waals surface area contributed by atoms with Gasteiger partial charge in [-0.1, -0.05) is 37.7 Å². The lowest BCUT2D eigenvalue weighted by atomic mass is 10.1. The summed E-state index contributed by atoms with van der Waals surface area (Å²) in [6.45, 7) is 2.45. The lowest BCUT2D eigenvalue weighted by Crippen LogP contribution is -2.18. The van der Waals surface area contributed by atoms with Crippen molar-refractivity contribution in [3.05, 3.63) is 29.8 Å². The number of phenolic OH excluding ortho intramolecular Hbond substituents is 1. The van der Waals surface area contributed by atoms with Crippen LogP contribution in [0.2, 0.25) is 0 Å². The van der Waals surface area contributed by atoms with Gasteiger partial charge in [0.05, 0.1) is 6.61 Å². The Bertz CT molecular complexity index is 384. The van der Waals surface area contributed by atoms with Crippen LogP contribution < -0.4 is 0 Å². The number of benzene rings is 1. The molecule has 1 aromatic carbocycles. The summed E-state index contributed by atoms with van der Waals surface area (Å²) < 4.78 is 5.01. The van der Waals surface area contributed by atoms with E-state index in [4.69, 9.17) is 22.1 Å². The van der Waals surface area contributed by atoms with E-state index in [0.29, 0.717) is 13.0 Å². The van der Waals surface area contributed by atoms with E-state index < -0.39 is 5.97 Å². The predicted octanol–water partition coefficient (Wildman–Crippen LogP) is 2.65. The van der Waals surface area contributed by atoms with Crippen LogP contribution in [-0.4, -0.2) is 22.5 Å². The van der Waals surface area contributed by atoms with Crippen LogP contribution in [0.15, 0.2) is 24.3 Å². The van der Waals surface area contributed by atoms with Crippen LogP contribution in [0.5, 0.6) is 5.75 Å². The van der Waals surface area contributed by atoms with Crippen LogP contribution in [0.25, 0.3) is 0 Å². The van der Waals surface area contributed by atoms with Gasteiger partial charge in [0.15, 0.2) is 0 Å². The van der Waals surface area contributed by atoms with Gasteiger partial charge in [0.1, 0.15) is 10.6 Å². The number of phenols is 1. The fourth-order valence-electron chi connectivity index (χ4n) is 1.26. The fraction of sp³-hybridized carbons (Fsp3) is 0.385. The highest BCUT2D eigenvalue weighted by Crippen LogP contribution is 2.11. The Morgan fingerprint density at radius 3 is 2.59 bits per heavy atom. The van der Waals surface area contributed by atoms with Crippen LogP contribution in [0.3, 0.4) is 0 Å². The summed E-state index contributed by atoms with van der Waals surface area (Å²) in [6.07, 6.45) is 2.21. The van der Waals surface area contributed by atoms with Gasteiger partial charge < -0.3 is 9.84 Å². The van der Waals surface area contributed by atoms with Crippen molar-refractivity contribution >= 4 is 23.1 Å². The molecular weight excluding hydrogens is 236 g/mol. The third kappa shape index (κ3) is 4.95. The van der Waals surface area contributed by atoms with Gasteiger partial charge in [-0.15, -0.1) is 0 Å². The number of unbranched alkanes of at least 4 members (excludes halogenated alkanes) is 1. The monoisotopic (exact) mass is 252 g/mol. The molecule has 0 atom stereocenters. The van der Waals surface area contributed by atoms with Crippen molar-refractivity contribution in [1.29, 1.82) is 0 Å². The molecule has 3 nitrogen and oxygen atoms in total. The lowest BCUT2D eigenvalue weighted by molar-refractivity contribution is -0.135. The molecule has 0 saturated carbocycles. The first-order valence-corrected chi connectivity index (χ1v) is 6.02. The first-order chi connectivity index (χ1) is 8.13. The van der Waals surface area contributed by atoms with E-state index in [-0.39, 0.29) is 10.6 Å². The maximum atomic E-state index is 11.5. The summed E-state index contributed by atoms with van der Waals surface area (Å²) in [5.74, 6) is -0.216. The summed E-state index contributed by atoms with van der Waals surface area (Å²) >= 11 is 5.00. The Hall–Kier alpha value is -1.42. The molecule has 92 valence electrons. The molecule has 1 N–H and O–H groups in total. The SMILES string of the molecule is CCCCOC(=O)C(=S)Cc1ccc(O)cc1. The molecule has 0 aliphatic heterocycles. The van der Waals surface area contributed by atoms with Gasteiger partial charge in [0.2, 0.25) is 0 Å². The number of carbonyl (C=O) groups is 1. The summed E-state index contributed by atoms with van der Waals surface area (Å²) in [7, 11) is 0. The molecule has 0 aliphatic rings. The van der Waals surface area contributed by atoms with Crippen molar-refractivity contribution in [1.82, 2.24) is 0 Å². The minimum absolute atomic E-state index is 0.199. The third-order valence-electron chi connectivity index (χ3n) is 2.26. The van der Waals surface area contributed by atoms with Crippen molar-refractivity contribution < 1.29 is 14.6 Å². The van der Waals surface area contributed by atoms with E-state index in [1.807, 2.05) is 6.92 Å². The van der Waals surface area contributed by atoms with Crippen LogP contribution in [0.4, 0.5) is 0 Å². The van der Waals surface area contributed by atoms with E-state index in [1.165, 1.54) is 0 Å². The van der Waals surface area contributed by atoms with Crippen molar-refractivity contribution in [2.45, 2.75) is 26.2 Å². The van der Waals surface area contributed by atoms with Crippen molar-refractivity contribution in [3.63, 3.8) is 0 Å². The number of aromatic hydroxyl groups is 1. The number of thiocarbonyl (C=S) groups is 1. The van der Waals surface area contributed by atoms with Crippen molar-refractivity contribution in [2.75, 3.05) is 6.61 Å². The summed E-state index contributed by atoms with van der Waals surface area (Å²) in [5, 5.41) is 9.12. The molecular formula is C13H16O3S. The second-order valence-electron chi connectivity index (χ2n) is 3.76. The third-order valence-corrected chi connectivity index (χ3v) is 2.57. The zero-order chi connectivity index (χ0) is 12.7. The number of rotatable bonds is 6. The predicted molar refractivity (Wildman–Crippen MR) is 70.3 cm³/mol. The summed E-state index contributed by atoms with van der Waals surface area (Å²) in [6, 6.07) is 6.61. The Morgan fingerprint density at radius 2 is 2.00 bits per heavy atom. The van der Waals surface area contributed by atoms with Gasteiger partial charge >= 0.3 is 5.97 Å². The fourth-order valence-corrected chi connectivity index (χ4v) is 1.49. The second kappa shape index (κ2) is 7.01. The largest absolute Gasteiger partial charge is 0.508 e. The summed E-state index contributed by atoms with van der Waals surface area (Å²) in [5.41, 5.74) is 0.889. The molecule has 0 bridgehead atoms. The Kier molecular flexibility index (Phi) is 5.63. The zero-order valence-corrected chi connectivity index (χ0v) is 10.6. The molecule has 4 heteroatoms. The van der Waals surface area contributed by atoms with Crippen LogP contribution in [0, 0.1) is 0 Å². The molecule has 1 aromatic rings. The number of hydrogen-bond donors (Lipinski definition) is 1. The van der Waals surface area contributed by atoms with E-state index >= 15 is 0 Å². The maximum absolute atomic E-state index is 11.5. The molecule has 0 aliphatic carbocycles. The highest BCUT2D eigenvalue weighted by Gasteiger charge is 2.11. The molecule has 17 heavy (non-hydrogen) atoms. The van der Waals surface area contributed by atoms with Crippen molar-refractivity contribution in [3.8, 4) is 5.75 Å². The van der Waals surface area contributed by atoms with E-state index in [1.54, 1.807) is 24.3 Å².